The van der Waals surface area contributed by atoms with E-state index in [1.165, 1.54) is 10.6 Å². The summed E-state index contributed by atoms with van der Waals surface area (Å²) < 4.78 is 35.0. The van der Waals surface area contributed by atoms with Crippen molar-refractivity contribution in [3.05, 3.63) is 90.0 Å². The Morgan fingerprint density at radius 3 is 2.53 bits per heavy atom. The maximum absolute atomic E-state index is 13.3. The van der Waals surface area contributed by atoms with Crippen molar-refractivity contribution in [1.29, 1.82) is 0 Å². The molecule has 7 nitrogen and oxygen atoms in total. The van der Waals surface area contributed by atoms with Gasteiger partial charge < -0.3 is 14.1 Å². The highest BCUT2D eigenvalue weighted by Gasteiger charge is 2.28. The van der Waals surface area contributed by atoms with E-state index in [1.807, 2.05) is 31.2 Å². The summed E-state index contributed by atoms with van der Waals surface area (Å²) in [5, 5.41) is 11.6. The zero-order chi connectivity index (χ0) is 22.7. The Kier molecular flexibility index (Phi) is 6.27. The molecule has 4 aromatic rings. The second-order valence-corrected chi connectivity index (χ2v) is 9.65. The van der Waals surface area contributed by atoms with Crippen molar-refractivity contribution < 1.29 is 22.7 Å². The highest BCUT2D eigenvalue weighted by Crippen LogP contribution is 2.23. The van der Waals surface area contributed by atoms with Gasteiger partial charge in [-0.1, -0.05) is 35.9 Å². The molecule has 0 fully saturated rings. The van der Waals surface area contributed by atoms with E-state index in [0.717, 1.165) is 22.8 Å². The first kappa shape index (κ1) is 22.0. The number of benzene rings is 2. The van der Waals surface area contributed by atoms with Gasteiger partial charge in [0.2, 0.25) is 10.0 Å². The van der Waals surface area contributed by atoms with Crippen LogP contribution in [0.4, 0.5) is 0 Å². The fraction of sp³-hybridized carbons (Fsp3) is 0.208. The summed E-state index contributed by atoms with van der Waals surface area (Å²) in [6.07, 6.45) is 2.91. The number of aliphatic hydroxyl groups excluding tert-OH is 1. The maximum atomic E-state index is 13.3. The Bertz CT molecular complexity index is 1310. The van der Waals surface area contributed by atoms with Crippen LogP contribution in [0, 0.1) is 6.92 Å². The molecular weight excluding hydrogens is 428 g/mol. The van der Waals surface area contributed by atoms with Crippen molar-refractivity contribution in [2.75, 3.05) is 6.54 Å². The number of fused-ring (bicyclic) bond motifs is 1. The minimum atomic E-state index is -3.88. The van der Waals surface area contributed by atoms with E-state index in [2.05, 4.69) is 0 Å². The molecule has 0 aliphatic rings. The first-order valence-electron chi connectivity index (χ1n) is 10.2. The molecule has 2 heterocycles. The summed E-state index contributed by atoms with van der Waals surface area (Å²) in [5.74, 6) is 0.475. The number of rotatable bonds is 9. The van der Waals surface area contributed by atoms with Gasteiger partial charge in [-0.25, -0.2) is 8.42 Å². The lowest BCUT2D eigenvalue weighted by atomic mass is 10.2. The number of carbonyl (C=O) groups is 1. The zero-order valence-corrected chi connectivity index (χ0v) is 18.4. The van der Waals surface area contributed by atoms with Gasteiger partial charge in [0.15, 0.2) is 6.29 Å². The van der Waals surface area contributed by atoms with E-state index in [4.69, 9.17) is 4.42 Å². The third-order valence-electron chi connectivity index (χ3n) is 5.34. The van der Waals surface area contributed by atoms with Crippen LogP contribution in [-0.4, -0.2) is 41.3 Å². The number of sulfonamides is 1. The number of aromatic nitrogens is 1. The predicted octanol–water partition coefficient (Wildman–Crippen LogP) is 3.61. The van der Waals surface area contributed by atoms with Crippen molar-refractivity contribution in [2.45, 2.75) is 31.0 Å². The molecular formula is C24H24N2O5S. The van der Waals surface area contributed by atoms with Crippen molar-refractivity contribution in [2.24, 2.45) is 0 Å². The van der Waals surface area contributed by atoms with Crippen LogP contribution >= 0.6 is 0 Å². The van der Waals surface area contributed by atoms with Gasteiger partial charge in [-0.2, -0.15) is 4.31 Å². The summed E-state index contributed by atoms with van der Waals surface area (Å²) in [6, 6.07) is 17.4. The SMILES string of the molecule is Cc1ccc(S(=O)(=O)N(Cc2ccco2)CC(O)Cn2cc(C=O)c3ccccc32)cc1. The van der Waals surface area contributed by atoms with E-state index in [1.54, 1.807) is 47.2 Å². The number of para-hydroxylation sites is 1. The van der Waals surface area contributed by atoms with E-state index >= 15 is 0 Å². The van der Waals surface area contributed by atoms with Crippen LogP contribution in [0.3, 0.4) is 0 Å². The average molecular weight is 453 g/mol. The fourth-order valence-corrected chi connectivity index (χ4v) is 5.17. The lowest BCUT2D eigenvalue weighted by Gasteiger charge is -2.24. The molecule has 8 heteroatoms. The van der Waals surface area contributed by atoms with Crippen LogP contribution in [0.2, 0.25) is 0 Å². The van der Waals surface area contributed by atoms with Crippen LogP contribution in [0.5, 0.6) is 0 Å². The Labute approximate surface area is 186 Å². The first-order chi connectivity index (χ1) is 15.4. The van der Waals surface area contributed by atoms with Gasteiger partial charge in [-0.3, -0.25) is 4.79 Å². The Balaban J connectivity index is 1.61. The van der Waals surface area contributed by atoms with Crippen LogP contribution in [0.15, 0.2) is 82.4 Å². The fourth-order valence-electron chi connectivity index (χ4n) is 3.72. The minimum absolute atomic E-state index is 0.00765. The second kappa shape index (κ2) is 9.12. The highest BCUT2D eigenvalue weighted by atomic mass is 32.2. The van der Waals surface area contributed by atoms with E-state index in [0.29, 0.717) is 11.3 Å². The first-order valence-corrected chi connectivity index (χ1v) is 11.6. The van der Waals surface area contributed by atoms with Crippen molar-refractivity contribution in [3.63, 3.8) is 0 Å². The van der Waals surface area contributed by atoms with E-state index in [9.17, 15) is 18.3 Å². The van der Waals surface area contributed by atoms with Gasteiger partial charge in [-0.15, -0.1) is 0 Å². The normalized spacial score (nSPS) is 13.0. The monoisotopic (exact) mass is 452 g/mol. The zero-order valence-electron chi connectivity index (χ0n) is 17.6. The smallest absolute Gasteiger partial charge is 0.243 e. The largest absolute Gasteiger partial charge is 0.468 e. The molecule has 0 amide bonds. The van der Waals surface area contributed by atoms with Gasteiger partial charge in [0, 0.05) is 35.8 Å². The molecule has 0 aliphatic carbocycles. The quantitative estimate of drug-likeness (QED) is 0.392. The molecule has 0 saturated heterocycles. The van der Waals surface area contributed by atoms with Crippen LogP contribution < -0.4 is 0 Å². The lowest BCUT2D eigenvalue weighted by Crippen LogP contribution is -2.38. The molecule has 1 N–H and O–H groups in total. The van der Waals surface area contributed by atoms with Crippen molar-refractivity contribution in [3.8, 4) is 0 Å². The molecule has 32 heavy (non-hydrogen) atoms. The number of aldehydes is 1. The van der Waals surface area contributed by atoms with Gasteiger partial charge in [0.1, 0.15) is 5.76 Å². The second-order valence-electron chi connectivity index (χ2n) is 7.72. The molecule has 2 aromatic heterocycles. The Morgan fingerprint density at radius 1 is 1.09 bits per heavy atom. The molecule has 0 aliphatic heterocycles. The number of aryl methyl sites for hydroxylation is 1. The van der Waals surface area contributed by atoms with Gasteiger partial charge in [0.05, 0.1) is 23.8 Å². The third kappa shape index (κ3) is 4.52. The molecule has 0 radical (unpaired) electrons. The molecule has 1 atom stereocenters. The number of furan rings is 1. The lowest BCUT2D eigenvalue weighted by molar-refractivity contribution is 0.112. The molecule has 166 valence electrons. The van der Waals surface area contributed by atoms with Crippen molar-refractivity contribution in [1.82, 2.24) is 8.87 Å². The molecule has 1 unspecified atom stereocenters. The summed E-state index contributed by atoms with van der Waals surface area (Å²) in [6.45, 7) is 1.87. The maximum Gasteiger partial charge on any atom is 0.243 e. The third-order valence-corrected chi connectivity index (χ3v) is 7.17. The standard InChI is InChI=1S/C24H24N2O5S/c1-18-8-10-22(11-9-18)32(29,30)26(16-21-5-4-12-31-21)15-20(28)14-25-13-19(17-27)23-6-2-3-7-24(23)25/h2-13,17,20,28H,14-16H2,1H3. The van der Waals surface area contributed by atoms with Gasteiger partial charge in [0.25, 0.3) is 0 Å². The van der Waals surface area contributed by atoms with Gasteiger partial charge in [-0.05, 0) is 37.3 Å². The van der Waals surface area contributed by atoms with Crippen LogP contribution in [0.1, 0.15) is 21.7 Å². The minimum Gasteiger partial charge on any atom is -0.468 e. The summed E-state index contributed by atoms with van der Waals surface area (Å²) in [7, 11) is -3.88. The van der Waals surface area contributed by atoms with E-state index < -0.39 is 16.1 Å². The van der Waals surface area contributed by atoms with Crippen LogP contribution in [-0.2, 0) is 23.1 Å². The molecule has 0 spiro atoms. The topological polar surface area (TPSA) is 92.8 Å². The molecule has 4 rings (SSSR count). The van der Waals surface area contributed by atoms with Crippen molar-refractivity contribution >= 4 is 27.2 Å². The number of carbonyl (C=O) groups excluding carboxylic acids is 1. The number of hydrogen-bond acceptors (Lipinski definition) is 5. The van der Waals surface area contributed by atoms with Crippen LogP contribution in [0.25, 0.3) is 10.9 Å². The van der Waals surface area contributed by atoms with E-state index in [-0.39, 0.29) is 24.5 Å². The molecule has 0 saturated carbocycles. The highest BCUT2D eigenvalue weighted by molar-refractivity contribution is 7.89. The Morgan fingerprint density at radius 2 is 1.84 bits per heavy atom. The number of hydrogen-bond donors (Lipinski definition) is 1. The number of nitrogens with zero attached hydrogens (tertiary/aromatic N) is 2. The average Bonchev–Trinajstić information content (AvgIpc) is 3.41. The molecule has 2 aromatic carbocycles. The predicted molar refractivity (Wildman–Crippen MR) is 121 cm³/mol. The summed E-state index contributed by atoms with van der Waals surface area (Å²) in [5.41, 5.74) is 2.27. The number of aliphatic hydroxyl groups is 1. The van der Waals surface area contributed by atoms with Gasteiger partial charge >= 0.3 is 0 Å². The summed E-state index contributed by atoms with van der Waals surface area (Å²) in [4.78, 5) is 11.6. The molecule has 0 bridgehead atoms. The Hall–Kier alpha value is -3.20. The summed E-state index contributed by atoms with van der Waals surface area (Å²) >= 11 is 0.